The maximum Gasteiger partial charge on any atom is 0.223 e. The summed E-state index contributed by atoms with van der Waals surface area (Å²) in [5.41, 5.74) is 2.29. The smallest absolute Gasteiger partial charge is 0.223 e. The average Bonchev–Trinajstić information content (AvgIpc) is 2.69. The number of rotatable bonds is 3. The van der Waals surface area contributed by atoms with Crippen LogP contribution in [0.5, 0.6) is 0 Å². The van der Waals surface area contributed by atoms with Crippen LogP contribution < -0.4 is 4.90 Å². The predicted molar refractivity (Wildman–Crippen MR) is 66.7 cm³/mol. The van der Waals surface area contributed by atoms with E-state index < -0.39 is 0 Å². The van der Waals surface area contributed by atoms with Crippen LogP contribution in [0, 0.1) is 11.3 Å². The minimum atomic E-state index is 0.0974. The number of nitriles is 1. The molecule has 1 aromatic carbocycles. The maximum atomic E-state index is 11.6. The fourth-order valence-electron chi connectivity index (χ4n) is 2.47. The van der Waals surface area contributed by atoms with Gasteiger partial charge in [-0.2, -0.15) is 5.26 Å². The van der Waals surface area contributed by atoms with E-state index in [0.717, 1.165) is 25.1 Å². The van der Waals surface area contributed by atoms with Crippen LogP contribution in [0.4, 0.5) is 5.69 Å². The second-order valence-corrected chi connectivity index (χ2v) is 4.44. The summed E-state index contributed by atoms with van der Waals surface area (Å²) in [5.74, 6) is 0.490. The van der Waals surface area contributed by atoms with E-state index in [0.29, 0.717) is 12.3 Å². The lowest BCUT2D eigenvalue weighted by molar-refractivity contribution is -0.116. The summed E-state index contributed by atoms with van der Waals surface area (Å²) in [4.78, 5) is 13.4. The second kappa shape index (κ2) is 5.01. The molecule has 3 nitrogen and oxygen atoms in total. The summed E-state index contributed by atoms with van der Waals surface area (Å²) in [6.07, 6.45) is 2.48. The largest absolute Gasteiger partial charge is 0.312 e. The van der Waals surface area contributed by atoms with Crippen molar-refractivity contribution in [2.45, 2.75) is 32.1 Å². The van der Waals surface area contributed by atoms with E-state index in [-0.39, 0.29) is 5.91 Å². The van der Waals surface area contributed by atoms with Crippen LogP contribution in [0.1, 0.15) is 37.7 Å². The number of carbonyl (C=O) groups excluding carboxylic acids is 1. The Morgan fingerprint density at radius 3 is 3.00 bits per heavy atom. The zero-order valence-corrected chi connectivity index (χ0v) is 10.0. The molecule has 1 aromatic rings. The molecule has 1 aliphatic rings. The first kappa shape index (κ1) is 11.7. The van der Waals surface area contributed by atoms with Crippen molar-refractivity contribution in [3.8, 4) is 6.07 Å². The van der Waals surface area contributed by atoms with Gasteiger partial charge in [-0.1, -0.05) is 18.2 Å². The lowest BCUT2D eigenvalue weighted by atomic mass is 9.96. The lowest BCUT2D eigenvalue weighted by Gasteiger charge is -2.14. The van der Waals surface area contributed by atoms with Crippen molar-refractivity contribution in [2.24, 2.45) is 0 Å². The first-order chi connectivity index (χ1) is 8.24. The fourth-order valence-corrected chi connectivity index (χ4v) is 2.47. The molecule has 1 unspecified atom stereocenters. The van der Waals surface area contributed by atoms with Crippen molar-refractivity contribution in [1.82, 2.24) is 0 Å². The van der Waals surface area contributed by atoms with Gasteiger partial charge in [-0.3, -0.25) is 4.79 Å². The van der Waals surface area contributed by atoms with Gasteiger partial charge in [0.2, 0.25) is 5.91 Å². The molecule has 17 heavy (non-hydrogen) atoms. The van der Waals surface area contributed by atoms with E-state index in [4.69, 9.17) is 5.26 Å². The molecule has 0 aromatic heterocycles. The van der Waals surface area contributed by atoms with Gasteiger partial charge in [0.15, 0.2) is 0 Å². The van der Waals surface area contributed by atoms with Crippen molar-refractivity contribution >= 4 is 11.6 Å². The van der Waals surface area contributed by atoms with Gasteiger partial charge in [0.1, 0.15) is 0 Å². The minimum absolute atomic E-state index is 0.0974. The van der Waals surface area contributed by atoms with Gasteiger partial charge in [-0.05, 0) is 24.5 Å². The van der Waals surface area contributed by atoms with Crippen LogP contribution in [-0.4, -0.2) is 12.5 Å². The number of hydrogen-bond acceptors (Lipinski definition) is 2. The molecule has 0 spiro atoms. The van der Waals surface area contributed by atoms with E-state index in [1.165, 1.54) is 5.56 Å². The fraction of sp³-hybridized carbons (Fsp3) is 0.429. The van der Waals surface area contributed by atoms with Crippen molar-refractivity contribution < 1.29 is 4.79 Å². The van der Waals surface area contributed by atoms with Crippen molar-refractivity contribution in [2.75, 3.05) is 11.4 Å². The Balaban J connectivity index is 2.17. The second-order valence-electron chi connectivity index (χ2n) is 4.44. The highest BCUT2D eigenvalue weighted by Gasteiger charge is 2.29. The zero-order valence-electron chi connectivity index (χ0n) is 10.0. The molecule has 1 aliphatic heterocycles. The number of carbonyl (C=O) groups is 1. The molecular formula is C14H16N2O. The van der Waals surface area contributed by atoms with Gasteiger partial charge >= 0.3 is 0 Å². The SMILES string of the molecule is CC(=O)N1CC(CCCC#N)c2ccccc21. The summed E-state index contributed by atoms with van der Waals surface area (Å²) in [6, 6.07) is 10.2. The molecule has 0 aliphatic carbocycles. The van der Waals surface area contributed by atoms with E-state index in [1.807, 2.05) is 23.1 Å². The van der Waals surface area contributed by atoms with Crippen LogP contribution in [0.25, 0.3) is 0 Å². The van der Waals surface area contributed by atoms with Gasteiger partial charge in [0.05, 0.1) is 6.07 Å². The topological polar surface area (TPSA) is 44.1 Å². The molecule has 0 N–H and O–H groups in total. The molecular weight excluding hydrogens is 212 g/mol. The molecule has 0 fully saturated rings. The van der Waals surface area contributed by atoms with Crippen LogP contribution in [0.3, 0.4) is 0 Å². The van der Waals surface area contributed by atoms with Crippen molar-refractivity contribution in [1.29, 1.82) is 5.26 Å². The van der Waals surface area contributed by atoms with Crippen LogP contribution in [-0.2, 0) is 4.79 Å². The molecule has 1 heterocycles. The number of anilines is 1. The Labute approximate surface area is 102 Å². The number of amides is 1. The van der Waals surface area contributed by atoms with Gasteiger partial charge in [0, 0.05) is 31.5 Å². The molecule has 3 heteroatoms. The highest BCUT2D eigenvalue weighted by atomic mass is 16.2. The first-order valence-corrected chi connectivity index (χ1v) is 5.98. The Hall–Kier alpha value is -1.82. The van der Waals surface area contributed by atoms with E-state index in [1.54, 1.807) is 6.92 Å². The predicted octanol–water partition coefficient (Wildman–Crippen LogP) is 2.83. The van der Waals surface area contributed by atoms with Gasteiger partial charge in [-0.15, -0.1) is 0 Å². The Morgan fingerprint density at radius 1 is 1.53 bits per heavy atom. The van der Waals surface area contributed by atoms with Crippen molar-refractivity contribution in [3.05, 3.63) is 29.8 Å². The van der Waals surface area contributed by atoms with E-state index in [2.05, 4.69) is 12.1 Å². The third-order valence-electron chi connectivity index (χ3n) is 3.29. The highest BCUT2D eigenvalue weighted by molar-refractivity contribution is 5.94. The summed E-state index contributed by atoms with van der Waals surface area (Å²) in [5, 5.41) is 8.56. The van der Waals surface area contributed by atoms with Crippen LogP contribution in [0.15, 0.2) is 24.3 Å². The highest BCUT2D eigenvalue weighted by Crippen LogP contribution is 2.38. The number of benzene rings is 1. The Kier molecular flexibility index (Phi) is 3.43. The zero-order chi connectivity index (χ0) is 12.3. The van der Waals surface area contributed by atoms with Gasteiger partial charge in [-0.25, -0.2) is 0 Å². The summed E-state index contributed by atoms with van der Waals surface area (Å²) in [6.45, 7) is 2.37. The molecule has 0 radical (unpaired) electrons. The lowest BCUT2D eigenvalue weighted by Crippen LogP contribution is -2.26. The summed E-state index contributed by atoms with van der Waals surface area (Å²) < 4.78 is 0. The molecule has 0 saturated carbocycles. The molecule has 88 valence electrons. The minimum Gasteiger partial charge on any atom is -0.312 e. The third kappa shape index (κ3) is 2.31. The summed E-state index contributed by atoms with van der Waals surface area (Å²) >= 11 is 0. The number of unbranched alkanes of at least 4 members (excludes halogenated alkanes) is 1. The normalized spacial score (nSPS) is 17.6. The van der Waals surface area contributed by atoms with E-state index in [9.17, 15) is 4.79 Å². The molecule has 1 amide bonds. The first-order valence-electron chi connectivity index (χ1n) is 5.98. The average molecular weight is 228 g/mol. The summed E-state index contributed by atoms with van der Waals surface area (Å²) in [7, 11) is 0. The Morgan fingerprint density at radius 2 is 2.29 bits per heavy atom. The number of fused-ring (bicyclic) bond motifs is 1. The monoisotopic (exact) mass is 228 g/mol. The molecule has 0 bridgehead atoms. The van der Waals surface area contributed by atoms with Crippen LogP contribution >= 0.6 is 0 Å². The van der Waals surface area contributed by atoms with Gasteiger partial charge in [0.25, 0.3) is 0 Å². The molecule has 2 rings (SSSR count). The molecule has 0 saturated heterocycles. The third-order valence-corrected chi connectivity index (χ3v) is 3.29. The Bertz CT molecular complexity index is 462. The number of para-hydroxylation sites is 1. The molecule has 1 atom stereocenters. The number of hydrogen-bond donors (Lipinski definition) is 0. The number of nitrogens with zero attached hydrogens (tertiary/aromatic N) is 2. The standard InChI is InChI=1S/C14H16N2O/c1-11(17)16-10-12(6-4-5-9-15)13-7-2-3-8-14(13)16/h2-3,7-8,12H,4-6,10H2,1H3. The van der Waals surface area contributed by atoms with Crippen molar-refractivity contribution in [3.63, 3.8) is 0 Å². The van der Waals surface area contributed by atoms with E-state index >= 15 is 0 Å². The van der Waals surface area contributed by atoms with Crippen LogP contribution in [0.2, 0.25) is 0 Å². The van der Waals surface area contributed by atoms with Gasteiger partial charge < -0.3 is 4.90 Å². The maximum absolute atomic E-state index is 11.6. The quantitative estimate of drug-likeness (QED) is 0.747.